The van der Waals surface area contributed by atoms with E-state index in [2.05, 4.69) is 10.3 Å². The Morgan fingerprint density at radius 2 is 1.76 bits per heavy atom. The summed E-state index contributed by atoms with van der Waals surface area (Å²) in [6, 6.07) is 8.83. The number of pyridine rings is 1. The van der Waals surface area contributed by atoms with Crippen LogP contribution in [0.3, 0.4) is 0 Å². The summed E-state index contributed by atoms with van der Waals surface area (Å²) in [5.41, 5.74) is -4.45. The molecule has 2 aromatic rings. The van der Waals surface area contributed by atoms with E-state index in [9.17, 15) is 22.8 Å². The minimum atomic E-state index is -4.41. The minimum Gasteiger partial charge on any atom is -0.367 e. The van der Waals surface area contributed by atoms with Crippen molar-refractivity contribution in [3.05, 3.63) is 48.2 Å². The van der Waals surface area contributed by atoms with Gasteiger partial charge in [-0.25, -0.2) is 14.7 Å². The Bertz CT molecular complexity index is 1050. The Kier molecular flexibility index (Phi) is 6.80. The third-order valence-electron chi connectivity index (χ3n) is 6.27. The number of benzene rings is 1. The number of thioether (sulfide) groups is 1. The van der Waals surface area contributed by atoms with Crippen molar-refractivity contribution in [2.45, 2.75) is 74.5 Å². The van der Waals surface area contributed by atoms with Crippen molar-refractivity contribution in [1.29, 1.82) is 0 Å². The molecule has 0 unspecified atom stereocenters. The van der Waals surface area contributed by atoms with Crippen LogP contribution in [0.2, 0.25) is 0 Å². The number of hydrogen-bond donors (Lipinski definition) is 1. The second-order valence-electron chi connectivity index (χ2n) is 9.14. The fraction of sp³-hybridized carbons (Fsp3) is 0.458. The van der Waals surface area contributed by atoms with Gasteiger partial charge in [-0.3, -0.25) is 4.79 Å². The summed E-state index contributed by atoms with van der Waals surface area (Å²) in [5.74, 6) is 0.318. The maximum Gasteiger partial charge on any atom is 0.446 e. The van der Waals surface area contributed by atoms with Gasteiger partial charge in [0.05, 0.1) is 5.69 Å². The molecule has 4 rings (SSSR count). The molecule has 2 heterocycles. The Labute approximate surface area is 200 Å². The first-order chi connectivity index (χ1) is 16.0. The summed E-state index contributed by atoms with van der Waals surface area (Å²) >= 11 is -0.241. The normalized spacial score (nSPS) is 19.1. The van der Waals surface area contributed by atoms with E-state index in [1.165, 1.54) is 48.4 Å². The van der Waals surface area contributed by atoms with Crippen LogP contribution in [0, 0.1) is 0 Å². The van der Waals surface area contributed by atoms with Gasteiger partial charge in [-0.1, -0.05) is 19.3 Å². The van der Waals surface area contributed by atoms with Gasteiger partial charge in [0.15, 0.2) is 0 Å². The molecule has 1 aliphatic heterocycles. The number of nitrogens with zero attached hydrogens (tertiary/aromatic N) is 3. The maximum absolute atomic E-state index is 13.3. The van der Waals surface area contributed by atoms with Crippen LogP contribution in [-0.4, -0.2) is 38.9 Å². The quantitative estimate of drug-likeness (QED) is 0.385. The molecule has 1 aliphatic carbocycles. The van der Waals surface area contributed by atoms with E-state index in [1.807, 2.05) is 12.1 Å². The number of amides is 3. The van der Waals surface area contributed by atoms with Crippen LogP contribution in [0.5, 0.6) is 0 Å². The van der Waals surface area contributed by atoms with Crippen LogP contribution >= 0.6 is 11.8 Å². The van der Waals surface area contributed by atoms with E-state index in [4.69, 9.17) is 0 Å². The van der Waals surface area contributed by atoms with Crippen molar-refractivity contribution >= 4 is 35.2 Å². The van der Waals surface area contributed by atoms with Crippen molar-refractivity contribution in [3.8, 4) is 0 Å². The van der Waals surface area contributed by atoms with Crippen molar-refractivity contribution in [1.82, 2.24) is 9.88 Å². The lowest BCUT2D eigenvalue weighted by Gasteiger charge is -2.28. The smallest absolute Gasteiger partial charge is 0.367 e. The maximum atomic E-state index is 13.3. The van der Waals surface area contributed by atoms with Gasteiger partial charge in [-0.2, -0.15) is 13.2 Å². The standard InChI is InChI=1S/C24H27F3N4O2S/c1-23(2)21(32)31(18-8-10-19(11-9-18)34-24(25,26)27)22(33)30(23)15-16-12-13-28-20(14-16)29-17-6-4-3-5-7-17/h8-14,17H,3-7,15H2,1-2H3,(H,28,29). The average Bonchev–Trinajstić information content (AvgIpc) is 2.94. The highest BCUT2D eigenvalue weighted by molar-refractivity contribution is 8.00. The number of halogens is 3. The van der Waals surface area contributed by atoms with Crippen LogP contribution in [0.15, 0.2) is 47.5 Å². The van der Waals surface area contributed by atoms with Crippen LogP contribution in [0.4, 0.5) is 29.5 Å². The van der Waals surface area contributed by atoms with E-state index in [0.29, 0.717) is 6.04 Å². The number of urea groups is 1. The minimum absolute atomic E-state index is 0.0127. The molecule has 1 saturated heterocycles. The molecule has 1 N–H and O–H groups in total. The number of carbonyl (C=O) groups is 2. The zero-order valence-electron chi connectivity index (χ0n) is 19.1. The number of carbonyl (C=O) groups excluding carboxylic acids is 2. The fourth-order valence-corrected chi connectivity index (χ4v) is 4.96. The summed E-state index contributed by atoms with van der Waals surface area (Å²) in [4.78, 5) is 33.3. The molecule has 34 heavy (non-hydrogen) atoms. The summed E-state index contributed by atoms with van der Waals surface area (Å²) in [6.45, 7) is 3.55. The van der Waals surface area contributed by atoms with Crippen LogP contribution in [-0.2, 0) is 11.3 Å². The third kappa shape index (κ3) is 5.32. The lowest BCUT2D eigenvalue weighted by molar-refractivity contribution is -0.123. The average molecular weight is 493 g/mol. The van der Waals surface area contributed by atoms with Gasteiger partial charge < -0.3 is 10.2 Å². The third-order valence-corrected chi connectivity index (χ3v) is 7.01. The van der Waals surface area contributed by atoms with E-state index in [0.717, 1.165) is 29.1 Å². The fourth-order valence-electron chi connectivity index (χ4n) is 4.42. The number of nitrogens with one attached hydrogen (secondary N) is 1. The number of hydrogen-bond acceptors (Lipinski definition) is 5. The first-order valence-corrected chi connectivity index (χ1v) is 12.1. The van der Waals surface area contributed by atoms with Gasteiger partial charge in [0, 0.05) is 23.7 Å². The van der Waals surface area contributed by atoms with Crippen LogP contribution in [0.25, 0.3) is 0 Å². The molecule has 1 aromatic carbocycles. The molecule has 6 nitrogen and oxygen atoms in total. The Morgan fingerprint density at radius 1 is 1.09 bits per heavy atom. The SMILES string of the molecule is CC1(C)C(=O)N(c2ccc(SC(F)(F)F)cc2)C(=O)N1Cc1ccnc(NC2CCCCC2)c1. The molecular formula is C24H27F3N4O2S. The van der Waals surface area contributed by atoms with Crippen molar-refractivity contribution in [2.24, 2.45) is 0 Å². The molecule has 2 aliphatic rings. The zero-order chi connectivity index (χ0) is 24.5. The number of imide groups is 1. The molecular weight excluding hydrogens is 465 g/mol. The number of rotatable bonds is 6. The summed E-state index contributed by atoms with van der Waals surface area (Å²) < 4.78 is 37.8. The van der Waals surface area contributed by atoms with Gasteiger partial charge >= 0.3 is 11.5 Å². The Morgan fingerprint density at radius 3 is 2.41 bits per heavy atom. The molecule has 1 saturated carbocycles. The monoisotopic (exact) mass is 492 g/mol. The zero-order valence-corrected chi connectivity index (χ0v) is 19.9. The van der Waals surface area contributed by atoms with Crippen molar-refractivity contribution < 1.29 is 22.8 Å². The first kappa shape index (κ1) is 24.4. The largest absolute Gasteiger partial charge is 0.446 e. The van der Waals surface area contributed by atoms with Gasteiger partial charge in [0.2, 0.25) is 0 Å². The van der Waals surface area contributed by atoms with Gasteiger partial charge in [0.25, 0.3) is 5.91 Å². The number of alkyl halides is 3. The van der Waals surface area contributed by atoms with Gasteiger partial charge in [-0.15, -0.1) is 0 Å². The highest BCUT2D eigenvalue weighted by Crippen LogP contribution is 2.39. The molecule has 2 fully saturated rings. The van der Waals surface area contributed by atoms with Crippen LogP contribution < -0.4 is 10.2 Å². The summed E-state index contributed by atoms with van der Waals surface area (Å²) in [7, 11) is 0. The predicted octanol–water partition coefficient (Wildman–Crippen LogP) is 6.19. The van der Waals surface area contributed by atoms with Crippen LogP contribution in [0.1, 0.15) is 51.5 Å². The lowest BCUT2D eigenvalue weighted by atomic mass is 9.95. The van der Waals surface area contributed by atoms with Gasteiger partial charge in [-0.05, 0) is 80.4 Å². The highest BCUT2D eigenvalue weighted by Gasteiger charge is 2.51. The predicted molar refractivity (Wildman–Crippen MR) is 126 cm³/mol. The summed E-state index contributed by atoms with van der Waals surface area (Å²) in [5, 5.41) is 3.47. The number of anilines is 2. The Hall–Kier alpha value is -2.75. The molecule has 1 aromatic heterocycles. The molecule has 0 bridgehead atoms. The second kappa shape index (κ2) is 9.48. The van der Waals surface area contributed by atoms with E-state index < -0.39 is 23.0 Å². The van der Waals surface area contributed by atoms with E-state index in [-0.39, 0.29) is 28.9 Å². The molecule has 10 heteroatoms. The van der Waals surface area contributed by atoms with E-state index >= 15 is 0 Å². The molecule has 0 atom stereocenters. The first-order valence-electron chi connectivity index (χ1n) is 11.3. The highest BCUT2D eigenvalue weighted by atomic mass is 32.2. The lowest BCUT2D eigenvalue weighted by Crippen LogP contribution is -2.43. The Balaban J connectivity index is 1.50. The molecule has 0 radical (unpaired) electrons. The molecule has 182 valence electrons. The summed E-state index contributed by atoms with van der Waals surface area (Å²) in [6.07, 6.45) is 7.54. The topological polar surface area (TPSA) is 65.5 Å². The number of aromatic nitrogens is 1. The van der Waals surface area contributed by atoms with Crippen molar-refractivity contribution in [2.75, 3.05) is 10.2 Å². The molecule has 3 amide bonds. The molecule has 0 spiro atoms. The van der Waals surface area contributed by atoms with E-state index in [1.54, 1.807) is 20.0 Å². The van der Waals surface area contributed by atoms with Gasteiger partial charge in [0.1, 0.15) is 11.4 Å². The second-order valence-corrected chi connectivity index (χ2v) is 10.3. The van der Waals surface area contributed by atoms with Crippen molar-refractivity contribution in [3.63, 3.8) is 0 Å².